The molecule has 6 aromatic rings. The summed E-state index contributed by atoms with van der Waals surface area (Å²) < 4.78 is 48.0. The van der Waals surface area contributed by atoms with Crippen LogP contribution in [0, 0.1) is 0 Å². The van der Waals surface area contributed by atoms with E-state index in [4.69, 9.17) is 4.74 Å². The number of carbonyl (C=O) groups is 1. The maximum absolute atomic E-state index is 14.6. The Balaban J connectivity index is 1.40. The second-order valence-corrected chi connectivity index (χ2v) is 12.9. The van der Waals surface area contributed by atoms with E-state index >= 15 is 0 Å². The van der Waals surface area contributed by atoms with Crippen LogP contribution in [0.4, 0.5) is 8.78 Å². The van der Waals surface area contributed by atoms with E-state index in [1.54, 1.807) is 54.6 Å². The average molecular weight is 654 g/mol. The standard InChI is InChI=1S/C36H30F2N3O5P/c37-36(38,47(43,44)45)31-20-18-27(19-21-31)24-35(30-14-5-2-6-15-30,41-33-17-8-7-16-32(33)39-40-41)34(42)46-25-29-13-9-12-28(23-29)22-26-10-3-1-4-11-26/h1-21,23H,22,24-25H2,(H2,43,44,45). The van der Waals surface area contributed by atoms with Crippen LogP contribution < -0.4 is 0 Å². The maximum Gasteiger partial charge on any atom is 0.399 e. The number of para-hydroxylation sites is 1. The molecule has 1 unspecified atom stereocenters. The fourth-order valence-corrected chi connectivity index (χ4v) is 6.14. The lowest BCUT2D eigenvalue weighted by atomic mass is 9.83. The molecular weight excluding hydrogens is 623 g/mol. The first kappa shape index (κ1) is 31.9. The largest absolute Gasteiger partial charge is 0.459 e. The van der Waals surface area contributed by atoms with Crippen molar-refractivity contribution in [1.82, 2.24) is 15.0 Å². The monoisotopic (exact) mass is 653 g/mol. The first-order valence-electron chi connectivity index (χ1n) is 14.8. The Morgan fingerprint density at radius 1 is 0.723 bits per heavy atom. The van der Waals surface area contributed by atoms with Gasteiger partial charge in [-0.1, -0.05) is 127 Å². The van der Waals surface area contributed by atoms with Crippen molar-refractivity contribution in [2.75, 3.05) is 0 Å². The number of benzene rings is 5. The van der Waals surface area contributed by atoms with E-state index in [2.05, 4.69) is 10.3 Å². The molecule has 0 saturated carbocycles. The number of fused-ring (bicyclic) bond motifs is 1. The van der Waals surface area contributed by atoms with Crippen LogP contribution in [0.15, 0.2) is 133 Å². The third-order valence-electron chi connectivity index (χ3n) is 8.04. The number of hydrogen-bond donors (Lipinski definition) is 2. The first-order chi connectivity index (χ1) is 22.6. The van der Waals surface area contributed by atoms with E-state index in [0.29, 0.717) is 28.6 Å². The number of nitrogens with zero attached hydrogens (tertiary/aromatic N) is 3. The molecule has 5 aromatic carbocycles. The topological polar surface area (TPSA) is 115 Å². The summed E-state index contributed by atoms with van der Waals surface area (Å²) in [6, 6.07) is 38.3. The quantitative estimate of drug-likeness (QED) is 0.115. The van der Waals surface area contributed by atoms with E-state index in [0.717, 1.165) is 28.8 Å². The smallest absolute Gasteiger partial charge is 0.399 e. The average Bonchev–Trinajstić information content (AvgIpc) is 3.51. The van der Waals surface area contributed by atoms with Gasteiger partial charge in [0, 0.05) is 12.0 Å². The number of ether oxygens (including phenoxy) is 1. The van der Waals surface area contributed by atoms with Gasteiger partial charge >= 0.3 is 19.2 Å². The van der Waals surface area contributed by atoms with Crippen LogP contribution in [0.2, 0.25) is 0 Å². The van der Waals surface area contributed by atoms with Crippen molar-refractivity contribution in [2.24, 2.45) is 0 Å². The summed E-state index contributed by atoms with van der Waals surface area (Å²) in [4.78, 5) is 33.0. The van der Waals surface area contributed by atoms with Gasteiger partial charge in [0.25, 0.3) is 0 Å². The van der Waals surface area contributed by atoms with Crippen LogP contribution in [0.5, 0.6) is 0 Å². The van der Waals surface area contributed by atoms with Gasteiger partial charge in [0.15, 0.2) is 5.54 Å². The summed E-state index contributed by atoms with van der Waals surface area (Å²) in [6.45, 7) is -0.0455. The van der Waals surface area contributed by atoms with E-state index in [9.17, 15) is 27.9 Å². The number of hydrogen-bond acceptors (Lipinski definition) is 5. The Kier molecular flexibility index (Phi) is 8.84. The van der Waals surface area contributed by atoms with Crippen LogP contribution in [0.3, 0.4) is 0 Å². The number of halogens is 2. The fourth-order valence-electron chi connectivity index (χ4n) is 5.66. The molecule has 0 aliphatic carbocycles. The highest BCUT2D eigenvalue weighted by Crippen LogP contribution is 2.59. The van der Waals surface area contributed by atoms with Crippen molar-refractivity contribution >= 4 is 24.6 Å². The van der Waals surface area contributed by atoms with Crippen LogP contribution in [-0.4, -0.2) is 30.7 Å². The molecule has 1 atom stereocenters. The van der Waals surface area contributed by atoms with Gasteiger partial charge in [0.05, 0.1) is 5.52 Å². The Morgan fingerprint density at radius 2 is 1.34 bits per heavy atom. The molecule has 0 saturated heterocycles. The Bertz CT molecular complexity index is 2050. The second kappa shape index (κ2) is 13.0. The predicted octanol–water partition coefficient (Wildman–Crippen LogP) is 6.98. The highest BCUT2D eigenvalue weighted by atomic mass is 31.2. The molecule has 1 aromatic heterocycles. The Labute approximate surface area is 269 Å². The molecule has 0 aliphatic heterocycles. The molecule has 6 rings (SSSR count). The molecule has 0 amide bonds. The Hall–Kier alpha value is -5.02. The molecule has 8 nitrogen and oxygen atoms in total. The summed E-state index contributed by atoms with van der Waals surface area (Å²) in [7, 11) is -5.77. The van der Waals surface area contributed by atoms with E-state index in [-0.39, 0.29) is 13.0 Å². The van der Waals surface area contributed by atoms with E-state index < -0.39 is 30.3 Å². The first-order valence-corrected chi connectivity index (χ1v) is 16.4. The summed E-state index contributed by atoms with van der Waals surface area (Å²) >= 11 is 0. The number of alkyl halides is 2. The molecule has 0 fully saturated rings. The summed E-state index contributed by atoms with van der Waals surface area (Å²) in [5.74, 6) is -0.655. The third kappa shape index (κ3) is 6.49. The highest BCUT2D eigenvalue weighted by Gasteiger charge is 2.51. The van der Waals surface area contributed by atoms with Gasteiger partial charge in [-0.15, -0.1) is 5.10 Å². The molecular formula is C36H30F2N3O5P. The zero-order valence-electron chi connectivity index (χ0n) is 25.0. The molecule has 0 radical (unpaired) electrons. The molecule has 11 heteroatoms. The van der Waals surface area contributed by atoms with Crippen molar-refractivity contribution in [3.8, 4) is 0 Å². The second-order valence-electron chi connectivity index (χ2n) is 11.2. The summed E-state index contributed by atoms with van der Waals surface area (Å²) in [6.07, 6.45) is 0.609. The molecule has 0 aliphatic rings. The van der Waals surface area contributed by atoms with Gasteiger partial charge in [-0.2, -0.15) is 8.78 Å². The van der Waals surface area contributed by atoms with E-state index in [1.165, 1.54) is 16.8 Å². The normalized spacial score (nSPS) is 13.3. The number of rotatable bonds is 11. The maximum atomic E-state index is 14.6. The van der Waals surface area contributed by atoms with Crippen molar-refractivity contribution < 1.29 is 32.7 Å². The van der Waals surface area contributed by atoms with Gasteiger partial charge < -0.3 is 14.5 Å². The van der Waals surface area contributed by atoms with Crippen LogP contribution in [0.1, 0.15) is 33.4 Å². The van der Waals surface area contributed by atoms with Crippen molar-refractivity contribution in [2.45, 2.75) is 30.7 Å². The molecule has 1 heterocycles. The van der Waals surface area contributed by atoms with Gasteiger partial charge in [0.1, 0.15) is 12.1 Å². The molecule has 47 heavy (non-hydrogen) atoms. The fraction of sp³-hybridized carbons (Fsp3) is 0.139. The van der Waals surface area contributed by atoms with Crippen molar-refractivity contribution in [1.29, 1.82) is 0 Å². The Morgan fingerprint density at radius 3 is 2.04 bits per heavy atom. The van der Waals surface area contributed by atoms with Gasteiger partial charge in [-0.05, 0) is 46.4 Å². The molecule has 2 N–H and O–H groups in total. The number of aromatic nitrogens is 3. The van der Waals surface area contributed by atoms with Crippen LogP contribution in [-0.2, 0) is 44.7 Å². The third-order valence-corrected chi connectivity index (χ3v) is 9.03. The lowest BCUT2D eigenvalue weighted by Crippen LogP contribution is -2.47. The van der Waals surface area contributed by atoms with Crippen LogP contribution >= 0.6 is 7.60 Å². The van der Waals surface area contributed by atoms with Gasteiger partial charge in [-0.3, -0.25) is 4.57 Å². The summed E-state index contributed by atoms with van der Waals surface area (Å²) in [5.41, 5.74) is -1.88. The highest BCUT2D eigenvalue weighted by molar-refractivity contribution is 7.52. The number of carbonyl (C=O) groups excluding carboxylic acids is 1. The predicted molar refractivity (Wildman–Crippen MR) is 173 cm³/mol. The molecule has 238 valence electrons. The van der Waals surface area contributed by atoms with Crippen molar-refractivity contribution in [3.05, 3.63) is 167 Å². The van der Waals surface area contributed by atoms with Crippen LogP contribution in [0.25, 0.3) is 11.0 Å². The summed E-state index contributed by atoms with van der Waals surface area (Å²) in [5, 5.41) is 8.71. The van der Waals surface area contributed by atoms with Crippen molar-refractivity contribution in [3.63, 3.8) is 0 Å². The SMILES string of the molecule is O=C(OCc1cccc(Cc2ccccc2)c1)C(Cc1ccc(C(F)(F)P(=O)(O)O)cc1)(c1ccccc1)n1nnc2ccccc21. The van der Waals surface area contributed by atoms with Gasteiger partial charge in [0.2, 0.25) is 0 Å². The lowest BCUT2D eigenvalue weighted by molar-refractivity contribution is -0.154. The molecule has 0 spiro atoms. The minimum Gasteiger partial charge on any atom is -0.459 e. The van der Waals surface area contributed by atoms with E-state index in [1.807, 2.05) is 54.6 Å². The minimum absolute atomic E-state index is 0.0455. The van der Waals surface area contributed by atoms with Gasteiger partial charge in [-0.25, -0.2) is 9.48 Å². The molecule has 0 bridgehead atoms. The zero-order valence-corrected chi connectivity index (χ0v) is 25.9. The zero-order chi connectivity index (χ0) is 33.1. The number of esters is 1. The lowest BCUT2D eigenvalue weighted by Gasteiger charge is -2.33. The minimum atomic E-state index is -5.77.